The first-order valence-electron chi connectivity index (χ1n) is 7.57. The fraction of sp³-hybridized carbons (Fsp3) is 0.176. The number of rotatable bonds is 7. The second-order valence-electron chi connectivity index (χ2n) is 5.36. The van der Waals surface area contributed by atoms with Crippen LogP contribution in [0.25, 0.3) is 0 Å². The highest BCUT2D eigenvalue weighted by molar-refractivity contribution is 5.82. The molecular weight excluding hydrogens is 338 g/mol. The Bertz CT molecular complexity index is 860. The summed E-state index contributed by atoms with van der Waals surface area (Å²) < 4.78 is 10.9. The van der Waals surface area contributed by atoms with Crippen molar-refractivity contribution >= 4 is 17.9 Å². The zero-order chi connectivity index (χ0) is 19.1. The minimum absolute atomic E-state index is 0.0804. The van der Waals surface area contributed by atoms with E-state index in [1.807, 2.05) is 0 Å². The summed E-state index contributed by atoms with van der Waals surface area (Å²) in [7, 11) is 1.53. The molecule has 0 fully saturated rings. The summed E-state index contributed by atoms with van der Waals surface area (Å²) in [6.07, 6.45) is 1.47. The highest BCUT2D eigenvalue weighted by Crippen LogP contribution is 2.29. The van der Waals surface area contributed by atoms with Gasteiger partial charge in [0.05, 0.1) is 18.2 Å². The monoisotopic (exact) mass is 357 g/mol. The van der Waals surface area contributed by atoms with Crippen molar-refractivity contribution in [1.82, 2.24) is 0 Å². The lowest BCUT2D eigenvalue weighted by molar-refractivity contribution is -0.386. The first-order valence-corrected chi connectivity index (χ1v) is 7.57. The number of nitrogens with zero attached hydrogens (tertiary/aromatic N) is 3. The van der Waals surface area contributed by atoms with E-state index in [-0.39, 0.29) is 24.0 Å². The highest BCUT2D eigenvalue weighted by Gasteiger charge is 2.16. The van der Waals surface area contributed by atoms with Crippen LogP contribution in [0, 0.1) is 17.0 Å². The molecule has 9 nitrogen and oxygen atoms in total. The number of benzene rings is 2. The van der Waals surface area contributed by atoms with E-state index in [0.29, 0.717) is 16.9 Å². The summed E-state index contributed by atoms with van der Waals surface area (Å²) in [5, 5.41) is 18.5. The van der Waals surface area contributed by atoms with Crippen LogP contribution in [-0.4, -0.2) is 24.2 Å². The van der Waals surface area contributed by atoms with Crippen molar-refractivity contribution in [2.45, 2.75) is 13.5 Å². The summed E-state index contributed by atoms with van der Waals surface area (Å²) in [4.78, 5) is 10.7. The molecular formula is C17H19N5O4. The predicted molar refractivity (Wildman–Crippen MR) is 98.6 cm³/mol. The fourth-order valence-corrected chi connectivity index (χ4v) is 2.20. The highest BCUT2D eigenvalue weighted by atomic mass is 16.6. The largest absolute Gasteiger partial charge is 0.496 e. The van der Waals surface area contributed by atoms with Gasteiger partial charge in [-0.2, -0.15) is 5.10 Å². The molecule has 4 N–H and O–H groups in total. The number of nitro groups is 1. The molecule has 0 aliphatic carbocycles. The molecule has 9 heteroatoms. The number of hydrogen-bond acceptors (Lipinski definition) is 6. The van der Waals surface area contributed by atoms with Crippen LogP contribution >= 0.6 is 0 Å². The van der Waals surface area contributed by atoms with Crippen LogP contribution in [0.2, 0.25) is 0 Å². The molecule has 0 aliphatic heterocycles. The third-order valence-corrected chi connectivity index (χ3v) is 3.38. The van der Waals surface area contributed by atoms with Gasteiger partial charge in [0.1, 0.15) is 12.4 Å². The normalized spacial score (nSPS) is 10.5. The lowest BCUT2D eigenvalue weighted by Crippen LogP contribution is -2.21. The van der Waals surface area contributed by atoms with Gasteiger partial charge in [0, 0.05) is 11.6 Å². The van der Waals surface area contributed by atoms with Crippen molar-refractivity contribution in [2.24, 2.45) is 21.7 Å². The van der Waals surface area contributed by atoms with Crippen LogP contribution in [0.1, 0.15) is 16.7 Å². The van der Waals surface area contributed by atoms with Crippen LogP contribution in [0.5, 0.6) is 11.5 Å². The van der Waals surface area contributed by atoms with E-state index in [0.717, 1.165) is 5.56 Å². The smallest absolute Gasteiger partial charge is 0.311 e. The molecule has 2 aromatic carbocycles. The van der Waals surface area contributed by atoms with Gasteiger partial charge in [-0.15, -0.1) is 5.10 Å². The predicted octanol–water partition coefficient (Wildman–Crippen LogP) is 2.10. The number of nitrogens with two attached hydrogens (primary N) is 2. The van der Waals surface area contributed by atoms with Crippen LogP contribution in [0.15, 0.2) is 46.6 Å². The molecule has 0 spiro atoms. The van der Waals surface area contributed by atoms with Gasteiger partial charge in [0.25, 0.3) is 0 Å². The molecule has 0 saturated heterocycles. The van der Waals surface area contributed by atoms with Gasteiger partial charge >= 0.3 is 5.69 Å². The Morgan fingerprint density at radius 1 is 1.23 bits per heavy atom. The minimum Gasteiger partial charge on any atom is -0.496 e. The third-order valence-electron chi connectivity index (χ3n) is 3.38. The first kappa shape index (κ1) is 18.7. The quantitative estimate of drug-likeness (QED) is 0.337. The van der Waals surface area contributed by atoms with Gasteiger partial charge in [-0.25, -0.2) is 0 Å². The van der Waals surface area contributed by atoms with Crippen molar-refractivity contribution in [3.8, 4) is 11.5 Å². The summed E-state index contributed by atoms with van der Waals surface area (Å²) in [5.41, 5.74) is 12.5. The van der Waals surface area contributed by atoms with Crippen LogP contribution in [-0.2, 0) is 6.61 Å². The Balaban J connectivity index is 2.24. The first-order chi connectivity index (χ1) is 12.4. The maximum atomic E-state index is 11.2. The van der Waals surface area contributed by atoms with Gasteiger partial charge in [-0.3, -0.25) is 10.1 Å². The van der Waals surface area contributed by atoms with E-state index in [1.54, 1.807) is 37.3 Å². The molecule has 136 valence electrons. The Morgan fingerprint density at radius 3 is 2.62 bits per heavy atom. The Kier molecular flexibility index (Phi) is 6.10. The van der Waals surface area contributed by atoms with E-state index < -0.39 is 4.92 Å². The van der Waals surface area contributed by atoms with Crippen LogP contribution in [0.4, 0.5) is 5.69 Å². The molecule has 0 aliphatic rings. The standard InChI is InChI=1S/C17H19N5O4/c1-11-3-5-16(14(7-11)22(23)24)26-10-13-8-12(4-6-15(13)25-2)9-20-21-17(18)19/h3-9H,10H2,1-2H3,(H4,18,19,21). The molecule has 0 heterocycles. The number of hydrogen-bond donors (Lipinski definition) is 2. The van der Waals surface area contributed by atoms with Gasteiger partial charge in [0.15, 0.2) is 5.75 Å². The van der Waals surface area contributed by atoms with Crippen LogP contribution in [0.3, 0.4) is 0 Å². The lowest BCUT2D eigenvalue weighted by atomic mass is 10.1. The Hall–Kier alpha value is -3.62. The van der Waals surface area contributed by atoms with Gasteiger partial charge < -0.3 is 20.9 Å². The summed E-state index contributed by atoms with van der Waals surface area (Å²) in [5.74, 6) is 0.617. The van der Waals surface area contributed by atoms with Gasteiger partial charge in [-0.05, 0) is 42.3 Å². The average molecular weight is 357 g/mol. The van der Waals surface area contributed by atoms with Gasteiger partial charge in [0.2, 0.25) is 5.96 Å². The van der Waals surface area contributed by atoms with Crippen LogP contribution < -0.4 is 20.9 Å². The SMILES string of the molecule is COc1ccc(C=NN=C(N)N)cc1COc1ccc(C)cc1[N+](=O)[O-]. The number of aryl methyl sites for hydroxylation is 1. The van der Waals surface area contributed by atoms with E-state index >= 15 is 0 Å². The van der Waals surface area contributed by atoms with Crippen molar-refractivity contribution < 1.29 is 14.4 Å². The summed E-state index contributed by atoms with van der Waals surface area (Å²) in [6.45, 7) is 1.86. The second-order valence-corrected chi connectivity index (χ2v) is 5.36. The Labute approximate surface area is 150 Å². The molecule has 0 saturated carbocycles. The molecule has 0 amide bonds. The van der Waals surface area contributed by atoms with E-state index in [4.69, 9.17) is 20.9 Å². The van der Waals surface area contributed by atoms with Crippen molar-refractivity contribution in [3.05, 3.63) is 63.2 Å². The maximum Gasteiger partial charge on any atom is 0.311 e. The third kappa shape index (κ3) is 4.94. The summed E-state index contributed by atoms with van der Waals surface area (Å²) >= 11 is 0. The molecule has 0 bridgehead atoms. The molecule has 0 unspecified atom stereocenters. The van der Waals surface area contributed by atoms with Crippen molar-refractivity contribution in [1.29, 1.82) is 0 Å². The zero-order valence-corrected chi connectivity index (χ0v) is 14.4. The second kappa shape index (κ2) is 8.47. The molecule has 0 radical (unpaired) electrons. The molecule has 26 heavy (non-hydrogen) atoms. The Morgan fingerprint density at radius 2 is 1.96 bits per heavy atom. The fourth-order valence-electron chi connectivity index (χ4n) is 2.20. The van der Waals surface area contributed by atoms with Crippen molar-refractivity contribution in [2.75, 3.05) is 7.11 Å². The number of nitro benzene ring substituents is 1. The summed E-state index contributed by atoms with van der Waals surface area (Å²) in [6, 6.07) is 10.1. The average Bonchev–Trinajstić information content (AvgIpc) is 2.60. The topological polar surface area (TPSA) is 138 Å². The van der Waals surface area contributed by atoms with E-state index in [2.05, 4.69) is 10.2 Å². The molecule has 2 aromatic rings. The maximum absolute atomic E-state index is 11.2. The number of ether oxygens (including phenoxy) is 2. The molecule has 2 rings (SSSR count). The van der Waals surface area contributed by atoms with Crippen molar-refractivity contribution in [3.63, 3.8) is 0 Å². The minimum atomic E-state index is -0.474. The van der Waals surface area contributed by atoms with Gasteiger partial charge in [-0.1, -0.05) is 6.07 Å². The zero-order valence-electron chi connectivity index (χ0n) is 14.4. The molecule has 0 aromatic heterocycles. The lowest BCUT2D eigenvalue weighted by Gasteiger charge is -2.11. The molecule has 0 atom stereocenters. The number of guanidine groups is 1. The van der Waals surface area contributed by atoms with E-state index in [1.165, 1.54) is 19.4 Å². The number of methoxy groups -OCH3 is 1. The van der Waals surface area contributed by atoms with E-state index in [9.17, 15) is 10.1 Å².